The maximum absolute atomic E-state index is 13.3. The van der Waals surface area contributed by atoms with Gasteiger partial charge >= 0.3 is 0 Å². The Morgan fingerprint density at radius 3 is 2.56 bits per heavy atom. The van der Waals surface area contributed by atoms with E-state index in [-0.39, 0.29) is 5.91 Å². The summed E-state index contributed by atoms with van der Waals surface area (Å²) >= 11 is 0. The largest absolute Gasteiger partial charge is 0.494 e. The molecule has 138 valence electrons. The van der Waals surface area contributed by atoms with Crippen LogP contribution in [0.15, 0.2) is 72.9 Å². The second-order valence-electron chi connectivity index (χ2n) is 6.44. The van der Waals surface area contributed by atoms with E-state index in [2.05, 4.69) is 24.0 Å². The molecule has 1 aromatic heterocycles. The van der Waals surface area contributed by atoms with Gasteiger partial charge in [-0.3, -0.25) is 9.69 Å². The molecule has 0 saturated carbocycles. The number of ether oxygens (including phenoxy) is 1. The van der Waals surface area contributed by atoms with Gasteiger partial charge in [0, 0.05) is 11.8 Å². The predicted octanol–water partition coefficient (Wildman–Crippen LogP) is 5.03. The van der Waals surface area contributed by atoms with Gasteiger partial charge in [0.05, 0.1) is 13.2 Å². The molecule has 4 nitrogen and oxygen atoms in total. The van der Waals surface area contributed by atoms with Gasteiger partial charge in [-0.15, -0.1) is 0 Å². The van der Waals surface area contributed by atoms with Gasteiger partial charge < -0.3 is 4.74 Å². The number of rotatable bonds is 7. The first-order valence-electron chi connectivity index (χ1n) is 9.18. The number of hydrogen-bond acceptors (Lipinski definition) is 3. The van der Waals surface area contributed by atoms with Gasteiger partial charge in [0.15, 0.2) is 0 Å². The number of carbonyl (C=O) groups excluding carboxylic acids is 1. The van der Waals surface area contributed by atoms with Gasteiger partial charge in [0.2, 0.25) is 0 Å². The van der Waals surface area contributed by atoms with Crippen molar-refractivity contribution in [1.82, 2.24) is 4.98 Å². The number of pyridine rings is 1. The van der Waals surface area contributed by atoms with Crippen LogP contribution in [0.4, 0.5) is 5.82 Å². The summed E-state index contributed by atoms with van der Waals surface area (Å²) in [6.07, 6.45) is 2.62. The van der Waals surface area contributed by atoms with Gasteiger partial charge in [0.1, 0.15) is 11.6 Å². The van der Waals surface area contributed by atoms with E-state index < -0.39 is 0 Å². The van der Waals surface area contributed by atoms with Crippen LogP contribution in [0.25, 0.3) is 0 Å². The molecule has 0 bridgehead atoms. The molecular weight excluding hydrogens is 336 g/mol. The fraction of sp³-hybridized carbons (Fsp3) is 0.217. The number of anilines is 1. The number of benzene rings is 2. The van der Waals surface area contributed by atoms with Gasteiger partial charge in [-0.25, -0.2) is 4.98 Å². The molecule has 3 rings (SSSR count). The minimum atomic E-state index is -0.101. The third kappa shape index (κ3) is 4.94. The summed E-state index contributed by atoms with van der Waals surface area (Å²) in [6.45, 7) is 5.19. The second kappa shape index (κ2) is 8.99. The lowest BCUT2D eigenvalue weighted by molar-refractivity contribution is 0.0984. The number of aryl methyl sites for hydroxylation is 1. The number of carbonyl (C=O) groups is 1. The first-order valence-corrected chi connectivity index (χ1v) is 9.18. The quantitative estimate of drug-likeness (QED) is 0.594. The van der Waals surface area contributed by atoms with Gasteiger partial charge in [0.25, 0.3) is 5.91 Å². The molecule has 1 heterocycles. The van der Waals surface area contributed by atoms with Crippen LogP contribution in [-0.4, -0.2) is 17.5 Å². The summed E-state index contributed by atoms with van der Waals surface area (Å²) in [5.41, 5.74) is 2.83. The smallest absolute Gasteiger partial charge is 0.259 e. The van der Waals surface area contributed by atoms with Crippen LogP contribution in [0, 0.1) is 6.92 Å². The van der Waals surface area contributed by atoms with Crippen molar-refractivity contribution in [3.63, 3.8) is 0 Å². The van der Waals surface area contributed by atoms with Crippen LogP contribution < -0.4 is 9.64 Å². The molecule has 3 aromatic rings. The zero-order valence-electron chi connectivity index (χ0n) is 15.8. The molecule has 0 N–H and O–H groups in total. The molecular formula is C23H24N2O2. The highest BCUT2D eigenvalue weighted by atomic mass is 16.5. The van der Waals surface area contributed by atoms with Crippen LogP contribution in [-0.2, 0) is 6.54 Å². The summed E-state index contributed by atoms with van der Waals surface area (Å²) in [5, 5.41) is 0. The normalized spacial score (nSPS) is 10.4. The monoisotopic (exact) mass is 360 g/mol. The Kier molecular flexibility index (Phi) is 6.21. The molecule has 0 radical (unpaired) electrons. The Hall–Kier alpha value is -3.14. The van der Waals surface area contributed by atoms with E-state index in [4.69, 9.17) is 4.74 Å². The number of amides is 1. The molecule has 0 aliphatic carbocycles. The molecule has 2 aromatic carbocycles. The third-order valence-corrected chi connectivity index (χ3v) is 4.19. The Morgan fingerprint density at radius 1 is 1.04 bits per heavy atom. The fourth-order valence-electron chi connectivity index (χ4n) is 2.74. The molecule has 0 unspecified atom stereocenters. The van der Waals surface area contributed by atoms with Gasteiger partial charge in [-0.1, -0.05) is 48.9 Å². The van der Waals surface area contributed by atoms with Crippen LogP contribution in [0.2, 0.25) is 0 Å². The van der Waals surface area contributed by atoms with Crippen molar-refractivity contribution in [2.45, 2.75) is 26.8 Å². The molecule has 0 fully saturated rings. The van der Waals surface area contributed by atoms with E-state index in [0.717, 1.165) is 12.0 Å². The summed E-state index contributed by atoms with van der Waals surface area (Å²) in [7, 11) is 0. The average Bonchev–Trinajstić information content (AvgIpc) is 2.72. The van der Waals surface area contributed by atoms with E-state index in [1.54, 1.807) is 17.2 Å². The standard InChI is InChI=1S/C23H24N2O2/c1-3-15-27-21-8-6-7-20(16-21)23(26)25(22-9-4-5-14-24-22)17-19-12-10-18(2)11-13-19/h4-14,16H,3,15,17H2,1-2H3. The SMILES string of the molecule is CCCOc1cccc(C(=O)N(Cc2ccc(C)cc2)c2ccccn2)c1. The van der Waals surface area contributed by atoms with Crippen LogP contribution in [0.1, 0.15) is 34.8 Å². The fourth-order valence-corrected chi connectivity index (χ4v) is 2.74. The van der Waals surface area contributed by atoms with Crippen LogP contribution in [0.5, 0.6) is 5.75 Å². The minimum absolute atomic E-state index is 0.101. The lowest BCUT2D eigenvalue weighted by Crippen LogP contribution is -2.31. The lowest BCUT2D eigenvalue weighted by atomic mass is 10.1. The molecule has 0 saturated heterocycles. The van der Waals surface area contributed by atoms with Crippen molar-refractivity contribution >= 4 is 11.7 Å². The second-order valence-corrected chi connectivity index (χ2v) is 6.44. The highest BCUT2D eigenvalue weighted by Gasteiger charge is 2.19. The maximum Gasteiger partial charge on any atom is 0.259 e. The zero-order chi connectivity index (χ0) is 19.1. The average molecular weight is 360 g/mol. The van der Waals surface area contributed by atoms with Crippen molar-refractivity contribution in [1.29, 1.82) is 0 Å². The highest BCUT2D eigenvalue weighted by Crippen LogP contribution is 2.21. The van der Waals surface area contributed by atoms with Crippen LogP contribution in [0.3, 0.4) is 0 Å². The Bertz CT molecular complexity index is 876. The first-order chi connectivity index (χ1) is 13.2. The van der Waals surface area contributed by atoms with E-state index in [9.17, 15) is 4.79 Å². The van der Waals surface area contributed by atoms with Crippen molar-refractivity contribution < 1.29 is 9.53 Å². The third-order valence-electron chi connectivity index (χ3n) is 4.19. The van der Waals surface area contributed by atoms with E-state index in [1.165, 1.54) is 5.56 Å². The summed E-state index contributed by atoms with van der Waals surface area (Å²) in [6, 6.07) is 21.1. The van der Waals surface area contributed by atoms with Crippen LogP contribution >= 0.6 is 0 Å². The van der Waals surface area contributed by atoms with Crippen molar-refractivity contribution in [3.8, 4) is 5.75 Å². The number of aromatic nitrogens is 1. The molecule has 0 aliphatic rings. The van der Waals surface area contributed by atoms with Crippen molar-refractivity contribution in [3.05, 3.63) is 89.6 Å². The topological polar surface area (TPSA) is 42.4 Å². The Labute approximate surface area is 160 Å². The van der Waals surface area contributed by atoms with Crippen molar-refractivity contribution in [2.24, 2.45) is 0 Å². The molecule has 0 aliphatic heterocycles. The lowest BCUT2D eigenvalue weighted by Gasteiger charge is -2.22. The van der Waals surface area contributed by atoms with E-state index in [1.807, 2.05) is 55.5 Å². The highest BCUT2D eigenvalue weighted by molar-refractivity contribution is 6.05. The number of hydrogen-bond donors (Lipinski definition) is 0. The Morgan fingerprint density at radius 2 is 1.85 bits per heavy atom. The van der Waals surface area contributed by atoms with E-state index in [0.29, 0.717) is 30.3 Å². The Balaban J connectivity index is 1.90. The molecule has 0 atom stereocenters. The summed E-state index contributed by atoms with van der Waals surface area (Å²) in [5.74, 6) is 1.23. The number of nitrogens with zero attached hydrogens (tertiary/aromatic N) is 2. The molecule has 0 spiro atoms. The predicted molar refractivity (Wildman–Crippen MR) is 108 cm³/mol. The molecule has 1 amide bonds. The maximum atomic E-state index is 13.3. The van der Waals surface area contributed by atoms with Crippen molar-refractivity contribution in [2.75, 3.05) is 11.5 Å². The van der Waals surface area contributed by atoms with Gasteiger partial charge in [-0.2, -0.15) is 0 Å². The zero-order valence-corrected chi connectivity index (χ0v) is 15.8. The summed E-state index contributed by atoms with van der Waals surface area (Å²) < 4.78 is 5.68. The van der Waals surface area contributed by atoms with Gasteiger partial charge in [-0.05, 0) is 49.2 Å². The molecule has 4 heteroatoms. The first kappa shape index (κ1) is 18.6. The summed E-state index contributed by atoms with van der Waals surface area (Å²) in [4.78, 5) is 19.4. The molecule has 27 heavy (non-hydrogen) atoms. The van der Waals surface area contributed by atoms with E-state index >= 15 is 0 Å². The minimum Gasteiger partial charge on any atom is -0.494 e.